The van der Waals surface area contributed by atoms with Gasteiger partial charge in [-0.05, 0) is 26.0 Å². The normalized spacial score (nSPS) is 12.8. The van der Waals surface area contributed by atoms with Crippen molar-refractivity contribution < 1.29 is 19.2 Å². The maximum Gasteiger partial charge on any atom is 0.244 e. The van der Waals surface area contributed by atoms with Crippen LogP contribution in [0.15, 0.2) is 24.3 Å². The predicted molar refractivity (Wildman–Crippen MR) is 97.6 cm³/mol. The number of para-hydroxylation sites is 2. The first-order valence-electron chi connectivity index (χ1n) is 8.70. The highest BCUT2D eigenvalue weighted by Crippen LogP contribution is 2.29. The number of carbonyl (C=O) groups is 4. The molecule has 26 heavy (non-hydrogen) atoms. The molecular formula is C18H24N4O4. The van der Waals surface area contributed by atoms with Crippen molar-refractivity contribution in [2.24, 2.45) is 0 Å². The molecule has 0 aromatic heterocycles. The highest BCUT2D eigenvalue weighted by Gasteiger charge is 2.26. The van der Waals surface area contributed by atoms with Crippen LogP contribution in [0.2, 0.25) is 0 Å². The van der Waals surface area contributed by atoms with Gasteiger partial charge in [0.15, 0.2) is 0 Å². The molecule has 1 aliphatic rings. The van der Waals surface area contributed by atoms with Gasteiger partial charge in [-0.3, -0.25) is 19.2 Å². The number of fused-ring (bicyclic) bond motifs is 1. The van der Waals surface area contributed by atoms with E-state index in [1.807, 2.05) is 13.8 Å². The second-order valence-electron chi connectivity index (χ2n) is 5.89. The van der Waals surface area contributed by atoms with Crippen molar-refractivity contribution >= 4 is 35.0 Å². The molecule has 1 aliphatic heterocycles. The van der Waals surface area contributed by atoms with Crippen LogP contribution < -0.4 is 15.5 Å². The fourth-order valence-corrected chi connectivity index (χ4v) is 2.76. The van der Waals surface area contributed by atoms with Gasteiger partial charge in [0.2, 0.25) is 23.6 Å². The average molecular weight is 360 g/mol. The Balaban J connectivity index is 1.86. The van der Waals surface area contributed by atoms with Crippen molar-refractivity contribution in [1.29, 1.82) is 0 Å². The molecule has 0 fully saturated rings. The number of nitrogens with zero attached hydrogens (tertiary/aromatic N) is 2. The van der Waals surface area contributed by atoms with Gasteiger partial charge in [-0.1, -0.05) is 12.1 Å². The summed E-state index contributed by atoms with van der Waals surface area (Å²) in [5.74, 6) is -1.10. The second-order valence-corrected chi connectivity index (χ2v) is 5.89. The first-order valence-corrected chi connectivity index (χ1v) is 8.70. The van der Waals surface area contributed by atoms with Crippen LogP contribution in [0.5, 0.6) is 0 Å². The third kappa shape index (κ3) is 4.81. The summed E-state index contributed by atoms with van der Waals surface area (Å²) in [6.45, 7) is 4.75. The molecule has 1 aromatic carbocycles. The van der Waals surface area contributed by atoms with Gasteiger partial charge < -0.3 is 20.4 Å². The quantitative estimate of drug-likeness (QED) is 0.749. The Morgan fingerprint density at radius 1 is 1.15 bits per heavy atom. The van der Waals surface area contributed by atoms with E-state index < -0.39 is 0 Å². The molecule has 0 radical (unpaired) electrons. The number of amides is 4. The van der Waals surface area contributed by atoms with Crippen molar-refractivity contribution in [2.45, 2.75) is 26.7 Å². The average Bonchev–Trinajstić information content (AvgIpc) is 2.64. The number of likely N-dealkylation sites (N-methyl/N-ethyl adjacent to an activating group) is 1. The van der Waals surface area contributed by atoms with Crippen molar-refractivity contribution in [2.75, 3.05) is 36.4 Å². The summed E-state index contributed by atoms with van der Waals surface area (Å²) in [6, 6.07) is 7.02. The molecule has 0 spiro atoms. The summed E-state index contributed by atoms with van der Waals surface area (Å²) in [4.78, 5) is 51.0. The van der Waals surface area contributed by atoms with Gasteiger partial charge in [0, 0.05) is 25.9 Å². The molecule has 8 heteroatoms. The summed E-state index contributed by atoms with van der Waals surface area (Å²) in [5.41, 5.74) is 1.19. The summed E-state index contributed by atoms with van der Waals surface area (Å²) < 4.78 is 0. The minimum atomic E-state index is -0.367. The lowest BCUT2D eigenvalue weighted by molar-refractivity contribution is -0.132. The zero-order valence-electron chi connectivity index (χ0n) is 15.1. The van der Waals surface area contributed by atoms with Crippen LogP contribution in [-0.4, -0.2) is 54.7 Å². The lowest BCUT2D eigenvalue weighted by Gasteiger charge is -2.29. The molecule has 0 atom stereocenters. The molecular weight excluding hydrogens is 336 g/mol. The summed E-state index contributed by atoms with van der Waals surface area (Å²) in [7, 11) is 0. The van der Waals surface area contributed by atoms with Gasteiger partial charge in [-0.25, -0.2) is 0 Å². The van der Waals surface area contributed by atoms with E-state index in [4.69, 9.17) is 0 Å². The number of hydrogen-bond acceptors (Lipinski definition) is 4. The molecule has 4 amide bonds. The topological polar surface area (TPSA) is 98.8 Å². The van der Waals surface area contributed by atoms with Crippen LogP contribution in [0.4, 0.5) is 11.4 Å². The van der Waals surface area contributed by atoms with E-state index in [1.54, 1.807) is 29.2 Å². The van der Waals surface area contributed by atoms with E-state index in [2.05, 4.69) is 10.6 Å². The fourth-order valence-electron chi connectivity index (χ4n) is 2.76. The Bertz CT molecular complexity index is 700. The van der Waals surface area contributed by atoms with E-state index in [0.29, 0.717) is 24.5 Å². The standard InChI is InChI=1S/C18H24N4O4/c1-3-21(4-2)18(26)11-19-15(23)9-10-17(25)22-12-16(24)20-13-7-5-6-8-14(13)22/h5-8H,3-4,9-12H2,1-2H3,(H,19,23)(H,20,24). The SMILES string of the molecule is CCN(CC)C(=O)CNC(=O)CCC(=O)N1CC(=O)Nc2ccccc21. The first kappa shape index (κ1) is 19.4. The third-order valence-electron chi connectivity index (χ3n) is 4.19. The summed E-state index contributed by atoms with van der Waals surface area (Å²) in [5, 5.41) is 5.25. The highest BCUT2D eigenvalue weighted by molar-refractivity contribution is 6.10. The fraction of sp³-hybridized carbons (Fsp3) is 0.444. The predicted octanol–water partition coefficient (Wildman–Crippen LogP) is 0.737. The lowest BCUT2D eigenvalue weighted by atomic mass is 10.1. The van der Waals surface area contributed by atoms with Crippen molar-refractivity contribution in [3.63, 3.8) is 0 Å². The zero-order valence-corrected chi connectivity index (χ0v) is 15.1. The Kier molecular flexibility index (Phi) is 6.71. The number of nitrogens with one attached hydrogen (secondary N) is 2. The van der Waals surface area contributed by atoms with Crippen molar-refractivity contribution in [3.05, 3.63) is 24.3 Å². The molecule has 140 valence electrons. The molecule has 2 N–H and O–H groups in total. The van der Waals surface area contributed by atoms with Gasteiger partial charge in [-0.15, -0.1) is 0 Å². The Morgan fingerprint density at radius 3 is 2.54 bits per heavy atom. The maximum absolute atomic E-state index is 12.4. The third-order valence-corrected chi connectivity index (χ3v) is 4.19. The van der Waals surface area contributed by atoms with Gasteiger partial charge in [0.05, 0.1) is 17.9 Å². The summed E-state index contributed by atoms with van der Waals surface area (Å²) >= 11 is 0. The monoisotopic (exact) mass is 360 g/mol. The highest BCUT2D eigenvalue weighted by atomic mass is 16.2. The van der Waals surface area contributed by atoms with E-state index >= 15 is 0 Å². The largest absolute Gasteiger partial charge is 0.347 e. The summed E-state index contributed by atoms with van der Waals surface area (Å²) in [6.07, 6.45) is -0.0719. The number of benzene rings is 1. The van der Waals surface area contributed by atoms with Crippen LogP contribution in [0.25, 0.3) is 0 Å². The van der Waals surface area contributed by atoms with Crippen molar-refractivity contribution in [3.8, 4) is 0 Å². The molecule has 0 bridgehead atoms. The van der Waals surface area contributed by atoms with E-state index in [9.17, 15) is 19.2 Å². The van der Waals surface area contributed by atoms with Crippen LogP contribution in [0.3, 0.4) is 0 Å². The van der Waals surface area contributed by atoms with Crippen molar-refractivity contribution in [1.82, 2.24) is 10.2 Å². The number of anilines is 2. The van der Waals surface area contributed by atoms with Crippen LogP contribution in [-0.2, 0) is 19.2 Å². The second kappa shape index (κ2) is 8.98. The molecule has 2 rings (SSSR count). The Morgan fingerprint density at radius 2 is 1.85 bits per heavy atom. The van der Waals surface area contributed by atoms with Gasteiger partial charge >= 0.3 is 0 Å². The maximum atomic E-state index is 12.4. The zero-order chi connectivity index (χ0) is 19.1. The minimum absolute atomic E-state index is 0.0348. The number of carbonyl (C=O) groups excluding carboxylic acids is 4. The van der Waals surface area contributed by atoms with Gasteiger partial charge in [0.25, 0.3) is 0 Å². The number of hydrogen-bond donors (Lipinski definition) is 2. The van der Waals surface area contributed by atoms with Crippen LogP contribution >= 0.6 is 0 Å². The first-order chi connectivity index (χ1) is 12.5. The molecule has 0 unspecified atom stereocenters. The minimum Gasteiger partial charge on any atom is -0.347 e. The Labute approximate surface area is 152 Å². The van der Waals surface area contributed by atoms with Gasteiger partial charge in [-0.2, -0.15) is 0 Å². The molecule has 0 saturated heterocycles. The molecule has 1 heterocycles. The molecule has 8 nitrogen and oxygen atoms in total. The molecule has 0 aliphatic carbocycles. The van der Waals surface area contributed by atoms with E-state index in [1.165, 1.54) is 4.90 Å². The Hall–Kier alpha value is -2.90. The lowest BCUT2D eigenvalue weighted by Crippen LogP contribution is -2.43. The van der Waals surface area contributed by atoms with Crippen LogP contribution in [0.1, 0.15) is 26.7 Å². The molecule has 1 aromatic rings. The number of rotatable bonds is 7. The van der Waals surface area contributed by atoms with E-state index in [0.717, 1.165) is 0 Å². The smallest absolute Gasteiger partial charge is 0.244 e. The molecule has 0 saturated carbocycles. The van der Waals surface area contributed by atoms with E-state index in [-0.39, 0.29) is 49.6 Å². The van der Waals surface area contributed by atoms with Crippen LogP contribution in [0, 0.1) is 0 Å². The van der Waals surface area contributed by atoms with Gasteiger partial charge in [0.1, 0.15) is 6.54 Å².